The van der Waals surface area contributed by atoms with Gasteiger partial charge < -0.3 is 13.9 Å². The normalized spacial score (nSPS) is 10.6. The summed E-state index contributed by atoms with van der Waals surface area (Å²) in [7, 11) is 0. The molecule has 0 saturated heterocycles. The molecule has 0 spiro atoms. The first-order valence-corrected chi connectivity index (χ1v) is 8.59. The van der Waals surface area contributed by atoms with E-state index in [1.165, 1.54) is 11.3 Å². The van der Waals surface area contributed by atoms with Crippen LogP contribution < -0.4 is 4.74 Å². The Kier molecular flexibility index (Phi) is 4.72. The van der Waals surface area contributed by atoms with Gasteiger partial charge in [0.05, 0.1) is 28.1 Å². The maximum Gasteiger partial charge on any atom is 0.342 e. The molecule has 2 heterocycles. The van der Waals surface area contributed by atoms with Crippen LogP contribution in [-0.2, 0) is 11.3 Å². The Morgan fingerprint density at radius 3 is 2.84 bits per heavy atom. The topological polar surface area (TPSA) is 85.3 Å². The molecule has 0 radical (unpaired) electrons. The van der Waals surface area contributed by atoms with E-state index in [0.29, 0.717) is 29.1 Å². The second-order valence-corrected chi connectivity index (χ2v) is 6.27. The summed E-state index contributed by atoms with van der Waals surface area (Å²) >= 11 is 1.49. The van der Waals surface area contributed by atoms with Crippen molar-refractivity contribution >= 4 is 28.3 Å². The molecule has 7 heteroatoms. The van der Waals surface area contributed by atoms with E-state index in [-0.39, 0.29) is 17.7 Å². The van der Waals surface area contributed by atoms with Gasteiger partial charge in [0, 0.05) is 0 Å². The third-order valence-corrected chi connectivity index (χ3v) is 4.70. The van der Waals surface area contributed by atoms with Crippen LogP contribution >= 0.6 is 11.3 Å². The summed E-state index contributed by atoms with van der Waals surface area (Å²) in [6.07, 6.45) is 0. The molecule has 128 valence electrons. The predicted molar refractivity (Wildman–Crippen MR) is 92.8 cm³/mol. The number of esters is 1. The number of hydrogen-bond donors (Lipinski definition) is 0. The molecule has 0 fully saturated rings. The van der Waals surface area contributed by atoms with Gasteiger partial charge in [-0.05, 0) is 32.9 Å². The fraction of sp³-hybridized carbons (Fsp3) is 0.278. The second kappa shape index (κ2) is 6.95. The summed E-state index contributed by atoms with van der Waals surface area (Å²) in [5.74, 6) is 0.306. The number of carbonyl (C=O) groups is 1. The van der Waals surface area contributed by atoms with Crippen molar-refractivity contribution in [3.8, 4) is 11.8 Å². The number of aryl methyl sites for hydroxylation is 2. The molecule has 3 rings (SSSR count). The Hall–Kier alpha value is -2.85. The number of aromatic nitrogens is 1. The highest BCUT2D eigenvalue weighted by Crippen LogP contribution is 2.34. The first kappa shape index (κ1) is 17.0. The van der Waals surface area contributed by atoms with Gasteiger partial charge in [0.25, 0.3) is 0 Å². The van der Waals surface area contributed by atoms with Crippen molar-refractivity contribution in [3.05, 3.63) is 45.1 Å². The minimum atomic E-state index is -0.509. The lowest BCUT2D eigenvalue weighted by molar-refractivity contribution is 0.0526. The van der Waals surface area contributed by atoms with Crippen LogP contribution in [-0.4, -0.2) is 17.6 Å². The number of nitriles is 1. The van der Waals surface area contributed by atoms with Gasteiger partial charge in [0.1, 0.15) is 40.9 Å². The number of fused-ring (bicyclic) bond motifs is 1. The Morgan fingerprint density at radius 2 is 2.20 bits per heavy atom. The first-order valence-electron chi connectivity index (χ1n) is 7.71. The third-order valence-electron chi connectivity index (χ3n) is 3.79. The molecular formula is C18H16N2O4S. The Bertz CT molecular complexity index is 981. The number of thiazole rings is 1. The zero-order valence-electron chi connectivity index (χ0n) is 14.1. The van der Waals surface area contributed by atoms with Crippen molar-refractivity contribution in [2.24, 2.45) is 0 Å². The fourth-order valence-corrected chi connectivity index (χ4v) is 3.27. The molecule has 0 N–H and O–H groups in total. The highest BCUT2D eigenvalue weighted by Gasteiger charge is 2.24. The average molecular weight is 356 g/mol. The van der Waals surface area contributed by atoms with Crippen LogP contribution in [0.3, 0.4) is 0 Å². The minimum absolute atomic E-state index is 0.244. The van der Waals surface area contributed by atoms with Crippen molar-refractivity contribution in [1.82, 2.24) is 4.98 Å². The molecular weight excluding hydrogens is 340 g/mol. The predicted octanol–water partition coefficient (Wildman–Crippen LogP) is 4.13. The highest BCUT2D eigenvalue weighted by atomic mass is 32.1. The zero-order chi connectivity index (χ0) is 18.0. The molecule has 0 atom stereocenters. The van der Waals surface area contributed by atoms with E-state index in [1.54, 1.807) is 31.5 Å². The lowest BCUT2D eigenvalue weighted by atomic mass is 10.0. The van der Waals surface area contributed by atoms with E-state index in [2.05, 4.69) is 11.1 Å². The molecule has 0 aliphatic heterocycles. The summed E-state index contributed by atoms with van der Waals surface area (Å²) < 4.78 is 16.5. The summed E-state index contributed by atoms with van der Waals surface area (Å²) in [4.78, 5) is 17.4. The Labute approximate surface area is 148 Å². The standard InChI is InChI=1S/C18H16N2O4S/c1-4-22-18(21)16-11(3)24-14-6-5-13(12(7-19)17(14)16)23-8-15-10(2)20-9-25-15/h5-6,9H,4,8H2,1-3H3. The van der Waals surface area contributed by atoms with Crippen LogP contribution in [0.4, 0.5) is 0 Å². The van der Waals surface area contributed by atoms with E-state index in [4.69, 9.17) is 13.9 Å². The molecule has 0 unspecified atom stereocenters. The SMILES string of the molecule is CCOC(=O)c1c(C)oc2ccc(OCc3scnc3C)c(C#N)c12. The van der Waals surface area contributed by atoms with Crippen LogP contribution in [0.5, 0.6) is 5.75 Å². The molecule has 2 aromatic heterocycles. The summed E-state index contributed by atoms with van der Waals surface area (Å²) in [6, 6.07) is 5.50. The summed E-state index contributed by atoms with van der Waals surface area (Å²) in [5.41, 5.74) is 3.64. The average Bonchev–Trinajstić information content (AvgIpc) is 3.14. The lowest BCUT2D eigenvalue weighted by Gasteiger charge is -2.08. The van der Waals surface area contributed by atoms with E-state index in [1.807, 2.05) is 6.92 Å². The first-order chi connectivity index (χ1) is 12.1. The number of furan rings is 1. The van der Waals surface area contributed by atoms with Gasteiger partial charge in [0.2, 0.25) is 0 Å². The van der Waals surface area contributed by atoms with E-state index in [9.17, 15) is 10.1 Å². The molecule has 0 bridgehead atoms. The molecule has 6 nitrogen and oxygen atoms in total. The number of benzene rings is 1. The number of ether oxygens (including phenoxy) is 2. The van der Waals surface area contributed by atoms with Crippen molar-refractivity contribution in [2.75, 3.05) is 6.61 Å². The fourth-order valence-electron chi connectivity index (χ4n) is 2.58. The van der Waals surface area contributed by atoms with Gasteiger partial charge in [0.15, 0.2) is 0 Å². The number of nitrogens with zero attached hydrogens (tertiary/aromatic N) is 2. The molecule has 0 amide bonds. The monoisotopic (exact) mass is 356 g/mol. The van der Waals surface area contributed by atoms with Gasteiger partial charge in [-0.2, -0.15) is 5.26 Å². The summed E-state index contributed by atoms with van der Waals surface area (Å²) in [5, 5.41) is 10.1. The maximum absolute atomic E-state index is 12.3. The largest absolute Gasteiger partial charge is 0.487 e. The van der Waals surface area contributed by atoms with Gasteiger partial charge in [-0.25, -0.2) is 9.78 Å². The number of rotatable bonds is 5. The smallest absolute Gasteiger partial charge is 0.342 e. The van der Waals surface area contributed by atoms with Crippen LogP contribution in [0.1, 0.15) is 39.2 Å². The molecule has 0 aliphatic rings. The van der Waals surface area contributed by atoms with E-state index < -0.39 is 5.97 Å². The molecule has 3 aromatic rings. The van der Waals surface area contributed by atoms with Crippen LogP contribution in [0, 0.1) is 25.2 Å². The quantitative estimate of drug-likeness (QED) is 0.639. The van der Waals surface area contributed by atoms with Crippen LogP contribution in [0.2, 0.25) is 0 Å². The Balaban J connectivity index is 2.06. The van der Waals surface area contributed by atoms with Gasteiger partial charge in [-0.3, -0.25) is 0 Å². The van der Waals surface area contributed by atoms with E-state index in [0.717, 1.165) is 10.6 Å². The number of hydrogen-bond acceptors (Lipinski definition) is 7. The highest BCUT2D eigenvalue weighted by molar-refractivity contribution is 7.09. The zero-order valence-corrected chi connectivity index (χ0v) is 14.9. The van der Waals surface area contributed by atoms with Crippen molar-refractivity contribution in [1.29, 1.82) is 5.26 Å². The number of carbonyl (C=O) groups excluding carboxylic acids is 1. The van der Waals surface area contributed by atoms with Crippen LogP contribution in [0.25, 0.3) is 11.0 Å². The minimum Gasteiger partial charge on any atom is -0.487 e. The molecule has 25 heavy (non-hydrogen) atoms. The molecule has 0 aliphatic carbocycles. The third kappa shape index (κ3) is 3.08. The van der Waals surface area contributed by atoms with Gasteiger partial charge >= 0.3 is 5.97 Å². The van der Waals surface area contributed by atoms with E-state index >= 15 is 0 Å². The Morgan fingerprint density at radius 1 is 1.40 bits per heavy atom. The van der Waals surface area contributed by atoms with Crippen molar-refractivity contribution in [3.63, 3.8) is 0 Å². The van der Waals surface area contributed by atoms with Gasteiger partial charge in [-0.15, -0.1) is 11.3 Å². The molecule has 1 aromatic carbocycles. The van der Waals surface area contributed by atoms with Crippen LogP contribution in [0.15, 0.2) is 22.1 Å². The maximum atomic E-state index is 12.3. The second-order valence-electron chi connectivity index (χ2n) is 5.33. The molecule has 0 saturated carbocycles. The summed E-state index contributed by atoms with van der Waals surface area (Å²) in [6.45, 7) is 5.86. The van der Waals surface area contributed by atoms with Crippen molar-refractivity contribution in [2.45, 2.75) is 27.4 Å². The van der Waals surface area contributed by atoms with Crippen molar-refractivity contribution < 1.29 is 18.7 Å². The van der Waals surface area contributed by atoms with Gasteiger partial charge in [-0.1, -0.05) is 0 Å². The lowest BCUT2D eigenvalue weighted by Crippen LogP contribution is -2.06.